The van der Waals surface area contributed by atoms with E-state index in [0.717, 1.165) is 23.1 Å². The standard InChI is InChI=1S/C14H18BrN3O2/c1-17(10-11-3-2-4-12(15)9-11)13(19)14(20)18-7-5-16-6-8-18/h2-4,9,16H,5-8,10H2,1H3. The maximum absolute atomic E-state index is 12.1. The second-order valence-corrected chi connectivity index (χ2v) is 5.75. The van der Waals surface area contributed by atoms with Crippen molar-refractivity contribution in [2.24, 2.45) is 0 Å². The van der Waals surface area contributed by atoms with Gasteiger partial charge in [0.15, 0.2) is 0 Å². The van der Waals surface area contributed by atoms with E-state index in [1.54, 1.807) is 11.9 Å². The van der Waals surface area contributed by atoms with Crippen molar-refractivity contribution in [3.05, 3.63) is 34.3 Å². The molecule has 1 saturated heterocycles. The van der Waals surface area contributed by atoms with Gasteiger partial charge >= 0.3 is 11.8 Å². The smallest absolute Gasteiger partial charge is 0.312 e. The number of hydrogen-bond donors (Lipinski definition) is 1. The van der Waals surface area contributed by atoms with E-state index in [2.05, 4.69) is 21.2 Å². The number of benzene rings is 1. The predicted octanol–water partition coefficient (Wildman–Crippen LogP) is 0.839. The highest BCUT2D eigenvalue weighted by atomic mass is 79.9. The summed E-state index contributed by atoms with van der Waals surface area (Å²) in [4.78, 5) is 27.3. The maximum Gasteiger partial charge on any atom is 0.312 e. The van der Waals surface area contributed by atoms with E-state index in [0.29, 0.717) is 19.6 Å². The zero-order valence-electron chi connectivity index (χ0n) is 11.4. The van der Waals surface area contributed by atoms with Crippen molar-refractivity contribution in [2.45, 2.75) is 6.54 Å². The second kappa shape index (κ2) is 6.85. The van der Waals surface area contributed by atoms with E-state index in [9.17, 15) is 9.59 Å². The molecule has 6 heteroatoms. The lowest BCUT2D eigenvalue weighted by Gasteiger charge is -2.28. The summed E-state index contributed by atoms with van der Waals surface area (Å²) < 4.78 is 0.962. The number of halogens is 1. The second-order valence-electron chi connectivity index (χ2n) is 4.83. The highest BCUT2D eigenvalue weighted by Gasteiger charge is 2.25. The maximum atomic E-state index is 12.1. The number of piperazine rings is 1. The molecule has 0 spiro atoms. The van der Waals surface area contributed by atoms with Crippen molar-refractivity contribution in [1.82, 2.24) is 15.1 Å². The Kier molecular flexibility index (Phi) is 5.14. The molecule has 5 nitrogen and oxygen atoms in total. The van der Waals surface area contributed by atoms with E-state index < -0.39 is 11.8 Å². The normalized spacial score (nSPS) is 15.0. The number of likely N-dealkylation sites (N-methyl/N-ethyl adjacent to an activating group) is 1. The van der Waals surface area contributed by atoms with Gasteiger partial charge < -0.3 is 15.1 Å². The number of carbonyl (C=O) groups is 2. The van der Waals surface area contributed by atoms with Gasteiger partial charge in [-0.05, 0) is 17.7 Å². The Morgan fingerprint density at radius 2 is 2.05 bits per heavy atom. The van der Waals surface area contributed by atoms with E-state index in [1.807, 2.05) is 24.3 Å². The van der Waals surface area contributed by atoms with Crippen LogP contribution in [0.4, 0.5) is 0 Å². The number of nitrogens with one attached hydrogen (secondary N) is 1. The fraction of sp³-hybridized carbons (Fsp3) is 0.429. The molecule has 1 aromatic carbocycles. The summed E-state index contributed by atoms with van der Waals surface area (Å²) in [6, 6.07) is 7.72. The molecule has 108 valence electrons. The number of amides is 2. The summed E-state index contributed by atoms with van der Waals surface area (Å²) in [7, 11) is 1.66. The molecule has 0 radical (unpaired) electrons. The number of nitrogens with zero attached hydrogens (tertiary/aromatic N) is 2. The molecular formula is C14H18BrN3O2. The summed E-state index contributed by atoms with van der Waals surface area (Å²) in [5.74, 6) is -0.865. The van der Waals surface area contributed by atoms with Gasteiger partial charge in [0, 0.05) is 44.2 Å². The Labute approximate surface area is 127 Å². The zero-order chi connectivity index (χ0) is 14.5. The zero-order valence-corrected chi connectivity index (χ0v) is 13.0. The molecule has 20 heavy (non-hydrogen) atoms. The van der Waals surface area contributed by atoms with Crippen LogP contribution in [0.2, 0.25) is 0 Å². The first-order chi connectivity index (χ1) is 9.58. The SMILES string of the molecule is CN(Cc1cccc(Br)c1)C(=O)C(=O)N1CCNCC1. The molecule has 0 saturated carbocycles. The van der Waals surface area contributed by atoms with Crippen LogP contribution in [-0.2, 0) is 16.1 Å². The van der Waals surface area contributed by atoms with Crippen molar-refractivity contribution in [3.63, 3.8) is 0 Å². The summed E-state index contributed by atoms with van der Waals surface area (Å²) in [6.07, 6.45) is 0. The molecule has 2 rings (SSSR count). The van der Waals surface area contributed by atoms with Crippen LogP contribution in [-0.4, -0.2) is 54.8 Å². The summed E-state index contributed by atoms with van der Waals surface area (Å²) >= 11 is 3.40. The van der Waals surface area contributed by atoms with E-state index in [-0.39, 0.29) is 0 Å². The minimum absolute atomic E-state index is 0.413. The van der Waals surface area contributed by atoms with Crippen LogP contribution < -0.4 is 5.32 Å². The number of carbonyl (C=O) groups excluding carboxylic acids is 2. The molecule has 0 bridgehead atoms. The van der Waals surface area contributed by atoms with Crippen LogP contribution in [0, 0.1) is 0 Å². The largest absolute Gasteiger partial charge is 0.333 e. The molecule has 0 aromatic heterocycles. The molecule has 1 N–H and O–H groups in total. The Hall–Kier alpha value is -1.40. The van der Waals surface area contributed by atoms with Crippen molar-refractivity contribution in [2.75, 3.05) is 33.2 Å². The van der Waals surface area contributed by atoms with Crippen molar-refractivity contribution < 1.29 is 9.59 Å². The van der Waals surface area contributed by atoms with Gasteiger partial charge in [0.25, 0.3) is 0 Å². The minimum atomic E-state index is -0.452. The fourth-order valence-electron chi connectivity index (χ4n) is 2.15. The van der Waals surface area contributed by atoms with Gasteiger partial charge in [0.1, 0.15) is 0 Å². The lowest BCUT2D eigenvalue weighted by Crippen LogP contribution is -2.51. The van der Waals surface area contributed by atoms with Gasteiger partial charge in [0.05, 0.1) is 0 Å². The van der Waals surface area contributed by atoms with E-state index in [1.165, 1.54) is 4.90 Å². The summed E-state index contributed by atoms with van der Waals surface area (Å²) in [5, 5.41) is 3.16. The van der Waals surface area contributed by atoms with Crippen LogP contribution >= 0.6 is 15.9 Å². The molecule has 0 aliphatic carbocycles. The van der Waals surface area contributed by atoms with Gasteiger partial charge in [-0.15, -0.1) is 0 Å². The van der Waals surface area contributed by atoms with Crippen LogP contribution in [0.1, 0.15) is 5.56 Å². The lowest BCUT2D eigenvalue weighted by atomic mass is 10.2. The van der Waals surface area contributed by atoms with Crippen molar-refractivity contribution >= 4 is 27.7 Å². The third kappa shape index (κ3) is 3.80. The van der Waals surface area contributed by atoms with Gasteiger partial charge in [-0.25, -0.2) is 0 Å². The van der Waals surface area contributed by atoms with Gasteiger partial charge in [0.2, 0.25) is 0 Å². The topological polar surface area (TPSA) is 52.7 Å². The van der Waals surface area contributed by atoms with Crippen LogP contribution in [0.5, 0.6) is 0 Å². The third-order valence-electron chi connectivity index (χ3n) is 3.24. The minimum Gasteiger partial charge on any atom is -0.333 e. The quantitative estimate of drug-likeness (QED) is 0.812. The Morgan fingerprint density at radius 3 is 2.70 bits per heavy atom. The van der Waals surface area contributed by atoms with Gasteiger partial charge in [-0.3, -0.25) is 9.59 Å². The average molecular weight is 340 g/mol. The number of rotatable bonds is 2. The highest BCUT2D eigenvalue weighted by molar-refractivity contribution is 9.10. The van der Waals surface area contributed by atoms with E-state index in [4.69, 9.17) is 0 Å². The molecule has 1 aliphatic heterocycles. The molecular weight excluding hydrogens is 322 g/mol. The fourth-order valence-corrected chi connectivity index (χ4v) is 2.59. The Morgan fingerprint density at radius 1 is 1.35 bits per heavy atom. The van der Waals surface area contributed by atoms with Crippen molar-refractivity contribution in [1.29, 1.82) is 0 Å². The van der Waals surface area contributed by atoms with Gasteiger partial charge in [-0.2, -0.15) is 0 Å². The lowest BCUT2D eigenvalue weighted by molar-refractivity contribution is -0.151. The highest BCUT2D eigenvalue weighted by Crippen LogP contribution is 2.13. The molecule has 0 unspecified atom stereocenters. The Bertz CT molecular complexity index is 501. The van der Waals surface area contributed by atoms with Crippen LogP contribution in [0.15, 0.2) is 28.7 Å². The first kappa shape index (κ1) is 15.0. The third-order valence-corrected chi connectivity index (χ3v) is 3.74. The molecule has 1 aliphatic rings. The first-order valence-electron chi connectivity index (χ1n) is 6.57. The number of hydrogen-bond acceptors (Lipinski definition) is 3. The van der Waals surface area contributed by atoms with Crippen molar-refractivity contribution in [3.8, 4) is 0 Å². The predicted molar refractivity (Wildman–Crippen MR) is 80.1 cm³/mol. The molecule has 1 aromatic rings. The van der Waals surface area contributed by atoms with Gasteiger partial charge in [-0.1, -0.05) is 28.1 Å². The Balaban J connectivity index is 1.95. The summed E-state index contributed by atoms with van der Waals surface area (Å²) in [6.45, 7) is 3.10. The average Bonchev–Trinajstić information content (AvgIpc) is 2.46. The van der Waals surface area contributed by atoms with Crippen LogP contribution in [0.3, 0.4) is 0 Å². The molecule has 1 fully saturated rings. The monoisotopic (exact) mass is 339 g/mol. The molecule has 1 heterocycles. The molecule has 0 atom stereocenters. The van der Waals surface area contributed by atoms with E-state index >= 15 is 0 Å². The van der Waals surface area contributed by atoms with Crippen LogP contribution in [0.25, 0.3) is 0 Å². The summed E-state index contributed by atoms with van der Waals surface area (Å²) in [5.41, 5.74) is 0.989. The first-order valence-corrected chi connectivity index (χ1v) is 7.37. The molecule has 2 amide bonds.